The fourth-order valence-corrected chi connectivity index (χ4v) is 3.80. The van der Waals surface area contributed by atoms with Gasteiger partial charge in [-0.3, -0.25) is 4.99 Å². The Hall–Kier alpha value is -3.03. The van der Waals surface area contributed by atoms with Gasteiger partial charge in [0.2, 0.25) is 0 Å². The largest absolute Gasteiger partial charge is 0.403 e. The van der Waals surface area contributed by atoms with Gasteiger partial charge in [0.25, 0.3) is 0 Å². The zero-order valence-electron chi connectivity index (χ0n) is 14.8. The van der Waals surface area contributed by atoms with Crippen molar-refractivity contribution in [1.82, 2.24) is 24.7 Å². The van der Waals surface area contributed by atoms with Crippen LogP contribution >= 0.6 is 23.2 Å². The van der Waals surface area contributed by atoms with Gasteiger partial charge in [0.05, 0.1) is 11.6 Å². The first-order valence-electron chi connectivity index (χ1n) is 8.43. The number of nitrogens with zero attached hydrogens (tertiary/aromatic N) is 7. The van der Waals surface area contributed by atoms with Crippen LogP contribution in [0.2, 0.25) is 10.3 Å². The lowest BCUT2D eigenvalue weighted by molar-refractivity contribution is -0.168. The van der Waals surface area contributed by atoms with Crippen LogP contribution in [-0.2, 0) is 5.41 Å². The number of pyridine rings is 2. The van der Waals surface area contributed by atoms with Crippen LogP contribution < -0.4 is 0 Å². The van der Waals surface area contributed by atoms with Gasteiger partial charge in [-0.25, -0.2) is 19.6 Å². The molecule has 2 atom stereocenters. The van der Waals surface area contributed by atoms with Gasteiger partial charge in [-0.1, -0.05) is 23.2 Å². The van der Waals surface area contributed by atoms with Crippen LogP contribution in [0, 0.1) is 11.3 Å². The molecular weight excluding hydrogens is 442 g/mol. The van der Waals surface area contributed by atoms with Crippen LogP contribution in [0.5, 0.6) is 0 Å². The average molecular weight is 452 g/mol. The molecular formula is C18H10Cl2F3N7. The minimum atomic E-state index is -4.66. The van der Waals surface area contributed by atoms with E-state index in [1.165, 1.54) is 29.6 Å². The lowest BCUT2D eigenvalue weighted by Gasteiger charge is -2.30. The zero-order valence-corrected chi connectivity index (χ0v) is 16.4. The number of rotatable bonds is 3. The highest BCUT2D eigenvalue weighted by molar-refractivity contribution is 6.32. The van der Waals surface area contributed by atoms with E-state index in [4.69, 9.17) is 23.2 Å². The normalized spacial score (nSPS) is 21.0. The van der Waals surface area contributed by atoms with Gasteiger partial charge in [-0.05, 0) is 35.7 Å². The summed E-state index contributed by atoms with van der Waals surface area (Å²) < 4.78 is 43.8. The maximum Gasteiger partial charge on any atom is 0.403 e. The quantitative estimate of drug-likeness (QED) is 0.554. The molecule has 152 valence electrons. The fourth-order valence-electron chi connectivity index (χ4n) is 3.34. The van der Waals surface area contributed by atoms with Gasteiger partial charge in [0.1, 0.15) is 34.4 Å². The Labute approximate surface area is 177 Å². The molecule has 0 radical (unpaired) electrons. The number of halogens is 5. The molecule has 0 saturated carbocycles. The highest BCUT2D eigenvalue weighted by atomic mass is 35.5. The van der Waals surface area contributed by atoms with Crippen LogP contribution in [0.4, 0.5) is 13.2 Å². The average Bonchev–Trinajstić information content (AvgIpc) is 3.37. The number of hydrogen-bond donors (Lipinski definition) is 0. The summed E-state index contributed by atoms with van der Waals surface area (Å²) >= 11 is 11.7. The predicted molar refractivity (Wildman–Crippen MR) is 102 cm³/mol. The highest BCUT2D eigenvalue weighted by Gasteiger charge is 2.58. The summed E-state index contributed by atoms with van der Waals surface area (Å²) in [7, 11) is 0. The predicted octanol–water partition coefficient (Wildman–Crippen LogP) is 4.25. The molecule has 0 N–H and O–H groups in total. The van der Waals surface area contributed by atoms with Crippen molar-refractivity contribution in [2.45, 2.75) is 24.1 Å². The van der Waals surface area contributed by atoms with E-state index in [-0.39, 0.29) is 27.3 Å². The molecule has 2 unspecified atom stereocenters. The zero-order chi connectivity index (χ0) is 21.5. The van der Waals surface area contributed by atoms with E-state index in [0.29, 0.717) is 5.56 Å². The lowest BCUT2D eigenvalue weighted by Crippen LogP contribution is -2.42. The third-order valence-corrected chi connectivity index (χ3v) is 5.19. The second-order valence-corrected chi connectivity index (χ2v) is 7.33. The van der Waals surface area contributed by atoms with Crippen molar-refractivity contribution >= 4 is 29.4 Å². The summed E-state index contributed by atoms with van der Waals surface area (Å²) in [6.07, 6.45) is -0.216. The van der Waals surface area contributed by atoms with Crippen molar-refractivity contribution in [3.05, 3.63) is 64.0 Å². The summed E-state index contributed by atoms with van der Waals surface area (Å²) in [6.45, 7) is 0. The highest BCUT2D eigenvalue weighted by Crippen LogP contribution is 2.50. The molecule has 0 bridgehead atoms. The van der Waals surface area contributed by atoms with Crippen LogP contribution in [0.15, 0.2) is 42.0 Å². The van der Waals surface area contributed by atoms with Crippen LogP contribution in [0.3, 0.4) is 0 Å². The Morgan fingerprint density at radius 1 is 1.20 bits per heavy atom. The van der Waals surface area contributed by atoms with Crippen molar-refractivity contribution in [2.75, 3.05) is 0 Å². The molecule has 0 amide bonds. The first-order chi connectivity index (χ1) is 14.2. The van der Waals surface area contributed by atoms with E-state index in [1.807, 2.05) is 6.07 Å². The molecule has 3 aromatic heterocycles. The number of aliphatic imine (C=N–C) groups is 1. The van der Waals surface area contributed by atoms with E-state index in [0.717, 1.165) is 18.3 Å². The van der Waals surface area contributed by atoms with Gasteiger partial charge < -0.3 is 0 Å². The van der Waals surface area contributed by atoms with Crippen LogP contribution in [0.25, 0.3) is 5.82 Å². The van der Waals surface area contributed by atoms with Gasteiger partial charge >= 0.3 is 6.18 Å². The SMILES string of the molecule is N#Cc1cc(C2CC(c3cc(Cl)nc(Cl)c3)(C(F)(F)F)C=N2)cnc1-n1cncn1. The second kappa shape index (κ2) is 7.34. The topological polar surface area (TPSA) is 92.6 Å². The standard InChI is InChI=1S/C18H10Cl2F3N7/c19-14-2-12(3-15(20)29-14)17(18(21,22)23)4-13(27-7-17)11-1-10(5-24)16(26-6-11)30-9-25-8-28-30/h1-3,6-9,13H,4H2. The summed E-state index contributed by atoms with van der Waals surface area (Å²) in [5.41, 5.74) is -2.05. The maximum atomic E-state index is 14.2. The molecule has 0 aliphatic carbocycles. The summed E-state index contributed by atoms with van der Waals surface area (Å²) in [5, 5.41) is 13.1. The molecule has 4 heterocycles. The first kappa shape index (κ1) is 20.3. The van der Waals surface area contributed by atoms with Crippen molar-refractivity contribution in [2.24, 2.45) is 4.99 Å². The molecule has 7 nitrogen and oxygen atoms in total. The number of nitriles is 1. The van der Waals surface area contributed by atoms with Gasteiger partial charge in [0, 0.05) is 12.4 Å². The van der Waals surface area contributed by atoms with Crippen molar-refractivity contribution in [3.63, 3.8) is 0 Å². The smallest absolute Gasteiger partial charge is 0.288 e. The molecule has 30 heavy (non-hydrogen) atoms. The first-order valence-corrected chi connectivity index (χ1v) is 9.19. The van der Waals surface area contributed by atoms with E-state index < -0.39 is 24.1 Å². The Balaban J connectivity index is 1.74. The monoisotopic (exact) mass is 451 g/mol. The molecule has 1 aliphatic heterocycles. The molecule has 4 rings (SSSR count). The Bertz CT molecular complexity index is 1150. The van der Waals surface area contributed by atoms with E-state index in [1.54, 1.807) is 0 Å². The lowest BCUT2D eigenvalue weighted by atomic mass is 9.77. The number of hydrogen-bond acceptors (Lipinski definition) is 6. The van der Waals surface area contributed by atoms with Crippen LogP contribution in [0.1, 0.15) is 29.2 Å². The summed E-state index contributed by atoms with van der Waals surface area (Å²) in [6, 6.07) is 4.81. The van der Waals surface area contributed by atoms with Crippen molar-refractivity contribution in [3.8, 4) is 11.9 Å². The summed E-state index contributed by atoms with van der Waals surface area (Å²) in [4.78, 5) is 15.8. The third kappa shape index (κ3) is 3.40. The molecule has 0 spiro atoms. The molecule has 0 fully saturated rings. The Kier molecular flexibility index (Phi) is 4.95. The fraction of sp³-hybridized carbons (Fsp3) is 0.222. The minimum absolute atomic E-state index is 0.132. The van der Waals surface area contributed by atoms with E-state index >= 15 is 0 Å². The van der Waals surface area contributed by atoms with Crippen LogP contribution in [-0.4, -0.2) is 37.1 Å². The van der Waals surface area contributed by atoms with Gasteiger partial charge in [0.15, 0.2) is 5.82 Å². The summed E-state index contributed by atoms with van der Waals surface area (Å²) in [5.74, 6) is 0.218. The second-order valence-electron chi connectivity index (χ2n) is 6.56. The Morgan fingerprint density at radius 3 is 2.53 bits per heavy atom. The van der Waals surface area contributed by atoms with E-state index in [2.05, 4.69) is 25.0 Å². The Morgan fingerprint density at radius 2 is 1.93 bits per heavy atom. The number of aromatic nitrogens is 5. The molecule has 1 aliphatic rings. The minimum Gasteiger partial charge on any atom is -0.288 e. The molecule has 0 aromatic carbocycles. The molecule has 12 heteroatoms. The molecule has 0 saturated heterocycles. The van der Waals surface area contributed by atoms with Gasteiger partial charge in [-0.2, -0.15) is 23.5 Å². The van der Waals surface area contributed by atoms with Gasteiger partial charge in [-0.15, -0.1) is 0 Å². The van der Waals surface area contributed by atoms with Crippen molar-refractivity contribution < 1.29 is 13.2 Å². The third-order valence-electron chi connectivity index (χ3n) is 4.80. The van der Waals surface area contributed by atoms with Crippen molar-refractivity contribution in [1.29, 1.82) is 5.26 Å². The molecule has 3 aromatic rings. The number of alkyl halides is 3. The maximum absolute atomic E-state index is 14.2. The van der Waals surface area contributed by atoms with E-state index in [9.17, 15) is 18.4 Å².